The number of ether oxygens (including phenoxy) is 4. The molecule has 0 radical (unpaired) electrons. The highest BCUT2D eigenvalue weighted by atomic mass is 32.2. The Morgan fingerprint density at radius 3 is 2.60 bits per heavy atom. The first kappa shape index (κ1) is 34.3. The highest BCUT2D eigenvalue weighted by Crippen LogP contribution is 2.49. The molecule has 1 amide bonds. The molecule has 2 bridgehead atoms. The molecular weight excluding hydrogens is 624 g/mol. The Bertz CT molecular complexity index is 1460. The largest absolute Gasteiger partial charge is 0.445 e. The minimum atomic E-state index is -4.09. The predicted octanol–water partition coefficient (Wildman–Crippen LogP) is 3.92. The van der Waals surface area contributed by atoms with Crippen molar-refractivity contribution in [3.05, 3.63) is 65.2 Å². The summed E-state index contributed by atoms with van der Waals surface area (Å²) in [6.07, 6.45) is 2.21. The van der Waals surface area contributed by atoms with Crippen LogP contribution in [-0.4, -0.2) is 86.5 Å². The van der Waals surface area contributed by atoms with Gasteiger partial charge >= 0.3 is 6.09 Å². The van der Waals surface area contributed by atoms with E-state index in [0.717, 1.165) is 37.7 Å². The van der Waals surface area contributed by atoms with E-state index in [9.17, 15) is 23.4 Å². The van der Waals surface area contributed by atoms with Gasteiger partial charge in [0.25, 0.3) is 0 Å². The van der Waals surface area contributed by atoms with Crippen LogP contribution in [0.2, 0.25) is 0 Å². The number of amides is 1. The van der Waals surface area contributed by atoms with Gasteiger partial charge in [-0.25, -0.2) is 13.2 Å². The van der Waals surface area contributed by atoms with Crippen LogP contribution in [-0.2, 0) is 42.0 Å². The quantitative estimate of drug-likeness (QED) is 0.380. The SMILES string of the molecule is C[C@@H](O)c1ccc2c(c1)COCCCCCCCN(C[C@@H](O)[C@H](Cc1ccccc1)NC(=O)O[C@H]1C3CO[C@H]4OC[C@@H]1C4C3)S2(=O)=O. The fourth-order valence-corrected chi connectivity index (χ4v) is 9.21. The molecule has 3 N–H and O–H groups in total. The van der Waals surface area contributed by atoms with Gasteiger partial charge in [0.2, 0.25) is 10.0 Å². The number of hydrogen-bond acceptors (Lipinski definition) is 9. The minimum absolute atomic E-state index is 0.0748. The number of nitrogens with zero attached hydrogens (tertiary/aromatic N) is 1. The topological polar surface area (TPSA) is 144 Å². The second-order valence-corrected chi connectivity index (χ2v) is 15.4. The van der Waals surface area contributed by atoms with Crippen molar-refractivity contribution in [2.45, 2.75) is 94.0 Å². The van der Waals surface area contributed by atoms with Crippen molar-refractivity contribution in [1.82, 2.24) is 9.62 Å². The molecule has 8 atom stereocenters. The van der Waals surface area contributed by atoms with Crippen LogP contribution < -0.4 is 5.32 Å². The van der Waals surface area contributed by atoms with Gasteiger partial charge in [0.15, 0.2) is 6.29 Å². The lowest BCUT2D eigenvalue weighted by atomic mass is 9.98. The highest BCUT2D eigenvalue weighted by molar-refractivity contribution is 7.89. The van der Waals surface area contributed by atoms with E-state index >= 15 is 0 Å². The van der Waals surface area contributed by atoms with Gasteiger partial charge in [-0.15, -0.1) is 0 Å². The Kier molecular flexibility index (Phi) is 11.2. The number of aliphatic hydroxyl groups excluding tert-OH is 2. The molecule has 2 unspecified atom stereocenters. The monoisotopic (exact) mass is 672 g/mol. The number of carbonyl (C=O) groups excluding carboxylic acids is 1. The highest BCUT2D eigenvalue weighted by Gasteiger charge is 2.56. The number of aliphatic hydroxyl groups is 2. The summed E-state index contributed by atoms with van der Waals surface area (Å²) in [5, 5.41) is 24.8. The number of alkyl carbamates (subject to hydrolysis) is 1. The minimum Gasteiger partial charge on any atom is -0.445 e. The van der Waals surface area contributed by atoms with Gasteiger partial charge < -0.3 is 34.5 Å². The summed E-state index contributed by atoms with van der Waals surface area (Å²) in [6, 6.07) is 13.5. The number of carbonyl (C=O) groups is 1. The lowest BCUT2D eigenvalue weighted by molar-refractivity contribution is -0.169. The molecule has 1 aliphatic carbocycles. The van der Waals surface area contributed by atoms with Crippen molar-refractivity contribution in [3.63, 3.8) is 0 Å². The third kappa shape index (κ3) is 8.01. The number of fused-ring (bicyclic) bond motifs is 2. The molecule has 2 saturated heterocycles. The molecule has 3 fully saturated rings. The van der Waals surface area contributed by atoms with Crippen LogP contribution in [0.1, 0.15) is 68.2 Å². The van der Waals surface area contributed by atoms with Crippen molar-refractivity contribution < 1.29 is 42.4 Å². The van der Waals surface area contributed by atoms with Crippen LogP contribution in [0, 0.1) is 17.8 Å². The zero-order valence-corrected chi connectivity index (χ0v) is 27.9. The molecule has 258 valence electrons. The van der Waals surface area contributed by atoms with E-state index < -0.39 is 34.4 Å². The van der Waals surface area contributed by atoms with Gasteiger partial charge in [0, 0.05) is 37.5 Å². The number of nitrogens with one attached hydrogen (secondary N) is 1. The molecule has 11 nitrogen and oxygen atoms in total. The Morgan fingerprint density at radius 1 is 1.02 bits per heavy atom. The van der Waals surface area contributed by atoms with Gasteiger partial charge in [-0.1, -0.05) is 55.7 Å². The van der Waals surface area contributed by atoms with E-state index in [4.69, 9.17) is 18.9 Å². The lowest BCUT2D eigenvalue weighted by Gasteiger charge is -2.31. The van der Waals surface area contributed by atoms with E-state index in [1.165, 1.54) is 10.4 Å². The number of rotatable bonds is 8. The predicted molar refractivity (Wildman–Crippen MR) is 173 cm³/mol. The van der Waals surface area contributed by atoms with Crippen molar-refractivity contribution in [2.24, 2.45) is 17.8 Å². The Hall–Kier alpha value is -2.58. The fourth-order valence-electron chi connectivity index (χ4n) is 7.52. The smallest absolute Gasteiger partial charge is 0.407 e. The van der Waals surface area contributed by atoms with Crippen molar-refractivity contribution in [1.29, 1.82) is 0 Å². The fraction of sp³-hybridized carbons (Fsp3) is 0.629. The zero-order chi connectivity index (χ0) is 33.0. The third-order valence-corrected chi connectivity index (χ3v) is 12.1. The Labute approximate surface area is 277 Å². The molecule has 6 rings (SSSR count). The maximum atomic E-state index is 14.3. The van der Waals surface area contributed by atoms with Crippen LogP contribution in [0.4, 0.5) is 4.79 Å². The molecule has 3 aliphatic heterocycles. The lowest BCUT2D eigenvalue weighted by Crippen LogP contribution is -2.51. The summed E-state index contributed by atoms with van der Waals surface area (Å²) in [6.45, 7) is 3.20. The van der Waals surface area contributed by atoms with E-state index in [2.05, 4.69) is 5.32 Å². The average Bonchev–Trinajstić information content (AvgIpc) is 3.59. The summed E-state index contributed by atoms with van der Waals surface area (Å²) >= 11 is 0. The van der Waals surface area contributed by atoms with Gasteiger partial charge in [-0.05, 0) is 61.4 Å². The molecule has 1 saturated carbocycles. The molecule has 3 heterocycles. The van der Waals surface area contributed by atoms with Crippen LogP contribution in [0.3, 0.4) is 0 Å². The molecule has 47 heavy (non-hydrogen) atoms. The summed E-state index contributed by atoms with van der Waals surface area (Å²) in [4.78, 5) is 13.5. The first-order valence-corrected chi connectivity index (χ1v) is 18.5. The van der Waals surface area contributed by atoms with E-state index in [1.807, 2.05) is 30.3 Å². The van der Waals surface area contributed by atoms with Crippen LogP contribution in [0.15, 0.2) is 53.4 Å². The molecular formula is C35H48N2O9S. The first-order chi connectivity index (χ1) is 22.7. The van der Waals surface area contributed by atoms with E-state index in [0.29, 0.717) is 37.4 Å². The van der Waals surface area contributed by atoms with Crippen molar-refractivity contribution in [3.8, 4) is 0 Å². The maximum absolute atomic E-state index is 14.3. The third-order valence-electron chi connectivity index (χ3n) is 10.1. The van der Waals surface area contributed by atoms with Gasteiger partial charge in [-0.3, -0.25) is 0 Å². The maximum Gasteiger partial charge on any atom is 0.407 e. The van der Waals surface area contributed by atoms with Crippen molar-refractivity contribution >= 4 is 16.1 Å². The number of sulfonamides is 1. The summed E-state index contributed by atoms with van der Waals surface area (Å²) in [5.74, 6) is 0.389. The second-order valence-electron chi connectivity index (χ2n) is 13.5. The Balaban J connectivity index is 1.23. The summed E-state index contributed by atoms with van der Waals surface area (Å²) in [5.41, 5.74) is 1.95. The van der Waals surface area contributed by atoms with Gasteiger partial charge in [0.05, 0.1) is 43.0 Å². The molecule has 12 heteroatoms. The Morgan fingerprint density at radius 2 is 1.79 bits per heavy atom. The normalized spacial score (nSPS) is 29.7. The molecule has 2 aromatic rings. The van der Waals surface area contributed by atoms with Crippen LogP contribution in [0.25, 0.3) is 0 Å². The first-order valence-electron chi connectivity index (χ1n) is 17.0. The van der Waals surface area contributed by atoms with Crippen molar-refractivity contribution in [2.75, 3.05) is 32.9 Å². The van der Waals surface area contributed by atoms with Crippen LogP contribution in [0.5, 0.6) is 0 Å². The number of benzene rings is 2. The molecule has 0 aromatic heterocycles. The van der Waals surface area contributed by atoms with Crippen LogP contribution >= 0.6 is 0 Å². The standard InChI is InChI=1S/C35H48N2O9S/c1-23(38)25-12-13-32-26(17-25)20-43-15-9-4-2-3-8-14-37(47(32,41)42)19-31(39)30(16-24-10-6-5-7-11-24)36-35(40)46-33-27-18-28-29(33)22-45-34(28)44-21-27/h5-7,10-13,17,23,27-31,33-34,38-39H,2-4,8-9,14-16,18-22H2,1H3,(H,36,40)/t23-,27?,28?,29-,30+,31-,33+,34+/m1/s1. The van der Waals surface area contributed by atoms with E-state index in [1.54, 1.807) is 19.1 Å². The summed E-state index contributed by atoms with van der Waals surface area (Å²) in [7, 11) is -4.09. The second kappa shape index (κ2) is 15.3. The number of β-amino-alcohol motifs (C(OH)–C–C–N with tert-alkyl or cyclic N) is 1. The molecule has 2 aromatic carbocycles. The van der Waals surface area contributed by atoms with Gasteiger partial charge in [0.1, 0.15) is 6.10 Å². The summed E-state index contributed by atoms with van der Waals surface area (Å²) < 4.78 is 53.4. The molecule has 4 aliphatic rings. The van der Waals surface area contributed by atoms with E-state index in [-0.39, 0.29) is 61.2 Å². The molecule has 0 spiro atoms. The average molecular weight is 673 g/mol. The van der Waals surface area contributed by atoms with Gasteiger partial charge in [-0.2, -0.15) is 4.31 Å². The zero-order valence-electron chi connectivity index (χ0n) is 27.0. The number of hydrogen-bond donors (Lipinski definition) is 3.